The maximum absolute atomic E-state index is 13.8. The molecule has 41 heavy (non-hydrogen) atoms. The molecule has 0 aromatic heterocycles. The van der Waals surface area contributed by atoms with Crippen LogP contribution in [0.3, 0.4) is 0 Å². The van der Waals surface area contributed by atoms with E-state index in [4.69, 9.17) is 9.47 Å². The first-order chi connectivity index (χ1) is 19.5. The van der Waals surface area contributed by atoms with E-state index in [0.717, 1.165) is 25.7 Å². The summed E-state index contributed by atoms with van der Waals surface area (Å²) in [5.41, 5.74) is 3.33. The van der Waals surface area contributed by atoms with Crippen molar-refractivity contribution in [2.45, 2.75) is 99.4 Å². The Morgan fingerprint density at radius 3 is 2.10 bits per heavy atom. The van der Waals surface area contributed by atoms with Crippen LogP contribution in [0.2, 0.25) is 0 Å². The number of ether oxygens (including phenoxy) is 2. The summed E-state index contributed by atoms with van der Waals surface area (Å²) < 4.78 is 13.3. The number of Topliss-reactive ketones (excluding diaryl/α,β-unsaturated/α-hetero) is 1. The van der Waals surface area contributed by atoms with Crippen LogP contribution in [0.1, 0.15) is 91.2 Å². The molecule has 0 amide bonds. The van der Waals surface area contributed by atoms with E-state index in [-0.39, 0.29) is 27.8 Å². The predicted molar refractivity (Wildman–Crippen MR) is 165 cm³/mol. The number of allylic oxidation sites excluding steroid dienone is 2. The second-order valence-corrected chi connectivity index (χ2v) is 15.1. The highest BCUT2D eigenvalue weighted by Gasteiger charge is 2.73. The van der Waals surface area contributed by atoms with Gasteiger partial charge in [0.25, 0.3) is 0 Å². The predicted octanol–water partition coefficient (Wildman–Crippen LogP) is 8.96. The minimum Gasteiger partial charge on any atom is -0.376 e. The number of fused-ring (bicyclic) bond motifs is 5. The summed E-state index contributed by atoms with van der Waals surface area (Å²) in [6, 6.07) is 21.1. The lowest BCUT2D eigenvalue weighted by Crippen LogP contribution is -2.67. The summed E-state index contributed by atoms with van der Waals surface area (Å²) in [4.78, 5) is 13.8. The molecule has 0 bridgehead atoms. The van der Waals surface area contributed by atoms with Gasteiger partial charge in [0.2, 0.25) is 0 Å². The summed E-state index contributed by atoms with van der Waals surface area (Å²) >= 11 is 0. The Labute approximate surface area is 248 Å². The maximum Gasteiger partial charge on any atom is 0.143 e. The van der Waals surface area contributed by atoms with Crippen molar-refractivity contribution in [3.05, 3.63) is 83.4 Å². The van der Waals surface area contributed by atoms with E-state index in [9.17, 15) is 4.79 Å². The Bertz CT molecular complexity index is 1300. The van der Waals surface area contributed by atoms with Crippen molar-refractivity contribution >= 4 is 5.78 Å². The summed E-state index contributed by atoms with van der Waals surface area (Å²) in [7, 11) is 0. The van der Waals surface area contributed by atoms with E-state index >= 15 is 0 Å². The topological polar surface area (TPSA) is 35.5 Å². The van der Waals surface area contributed by atoms with Gasteiger partial charge in [-0.3, -0.25) is 4.79 Å². The van der Waals surface area contributed by atoms with Gasteiger partial charge >= 0.3 is 0 Å². The number of carbonyl (C=O) groups excluding carboxylic acids is 1. The van der Waals surface area contributed by atoms with Gasteiger partial charge in [0, 0.05) is 11.8 Å². The molecule has 2 aromatic rings. The smallest absolute Gasteiger partial charge is 0.143 e. The van der Waals surface area contributed by atoms with Crippen LogP contribution in [0.15, 0.2) is 72.3 Å². The summed E-state index contributed by atoms with van der Waals surface area (Å²) in [6.07, 6.45) is 8.98. The third-order valence-corrected chi connectivity index (χ3v) is 13.2. The van der Waals surface area contributed by atoms with Gasteiger partial charge in [0.15, 0.2) is 0 Å². The SMILES string of the molecule is CC1=C[C@H]2[C@]3(C)CC[C@@H](OCc4ccccc4)C(C)(C)[C@H]3CC[C@]2(C)[C@]2(COCc3ccccc3)CCC(=O)[C@]12C. The molecule has 220 valence electrons. The largest absolute Gasteiger partial charge is 0.376 e. The number of hydrogen-bond donors (Lipinski definition) is 0. The van der Waals surface area contributed by atoms with Gasteiger partial charge in [-0.15, -0.1) is 0 Å². The van der Waals surface area contributed by atoms with Crippen molar-refractivity contribution < 1.29 is 14.3 Å². The van der Waals surface area contributed by atoms with E-state index in [0.29, 0.717) is 43.9 Å². The molecule has 0 radical (unpaired) electrons. The zero-order chi connectivity index (χ0) is 29.1. The molecular formula is C38H50O3. The minimum atomic E-state index is -0.455. The normalized spacial score (nSPS) is 39.4. The van der Waals surface area contributed by atoms with Crippen LogP contribution in [0, 0.1) is 38.9 Å². The lowest BCUT2D eigenvalue weighted by Gasteiger charge is -2.70. The van der Waals surface area contributed by atoms with Crippen LogP contribution >= 0.6 is 0 Å². The number of benzene rings is 2. The number of ketones is 1. The zero-order valence-corrected chi connectivity index (χ0v) is 26.2. The summed E-state index contributed by atoms with van der Waals surface area (Å²) in [5, 5.41) is 0. The Kier molecular flexibility index (Phi) is 7.18. The van der Waals surface area contributed by atoms with Crippen LogP contribution in [-0.2, 0) is 27.5 Å². The standard InChI is InChI=1S/C38H50O3/c1-27-23-31-35(4)20-19-33(41-25-29-15-11-8-12-16-29)34(2,3)30(35)17-21-36(31,5)38(22-18-32(39)37(27,38)6)26-40-24-28-13-9-7-10-14-28/h7-16,23,30-31,33H,17-22,24-26H2,1-6H3/t30-,31+,33-,35-,36+,37+,38-/m1/s1. The Hall–Kier alpha value is -2.23. The zero-order valence-electron chi connectivity index (χ0n) is 26.2. The van der Waals surface area contributed by atoms with Gasteiger partial charge in [-0.05, 0) is 85.2 Å². The first kappa shape index (κ1) is 28.9. The molecule has 0 unspecified atom stereocenters. The van der Waals surface area contributed by atoms with Crippen molar-refractivity contribution in [1.29, 1.82) is 0 Å². The van der Waals surface area contributed by atoms with Crippen molar-refractivity contribution in [2.24, 2.45) is 38.9 Å². The summed E-state index contributed by atoms with van der Waals surface area (Å²) in [5.74, 6) is 1.40. The molecule has 6 rings (SSSR count). The van der Waals surface area contributed by atoms with Gasteiger partial charge in [-0.2, -0.15) is 0 Å². The molecule has 0 spiro atoms. The molecule has 4 aliphatic rings. The van der Waals surface area contributed by atoms with Crippen LogP contribution < -0.4 is 0 Å². The molecule has 2 aromatic carbocycles. The van der Waals surface area contributed by atoms with Gasteiger partial charge in [-0.1, -0.05) is 100 Å². The molecule has 0 N–H and O–H groups in total. The Balaban J connectivity index is 1.32. The van der Waals surface area contributed by atoms with E-state index in [1.54, 1.807) is 0 Å². The lowest BCUT2D eigenvalue weighted by molar-refractivity contribution is -0.224. The van der Waals surface area contributed by atoms with E-state index in [1.165, 1.54) is 23.1 Å². The highest BCUT2D eigenvalue weighted by Crippen LogP contribution is 2.76. The highest BCUT2D eigenvalue weighted by molar-refractivity contribution is 5.91. The van der Waals surface area contributed by atoms with E-state index in [1.807, 2.05) is 0 Å². The Morgan fingerprint density at radius 1 is 0.805 bits per heavy atom. The van der Waals surface area contributed by atoms with Crippen molar-refractivity contribution in [3.8, 4) is 0 Å². The maximum atomic E-state index is 13.8. The molecular weight excluding hydrogens is 504 g/mol. The molecule has 3 nitrogen and oxygen atoms in total. The third-order valence-electron chi connectivity index (χ3n) is 13.2. The summed E-state index contributed by atoms with van der Waals surface area (Å²) in [6.45, 7) is 16.5. The Morgan fingerprint density at radius 2 is 1.44 bits per heavy atom. The fraction of sp³-hybridized carbons (Fsp3) is 0.605. The third kappa shape index (κ3) is 4.16. The number of rotatable bonds is 7. The van der Waals surface area contributed by atoms with Crippen molar-refractivity contribution in [2.75, 3.05) is 6.61 Å². The van der Waals surface area contributed by atoms with Crippen LogP contribution in [0.5, 0.6) is 0 Å². The van der Waals surface area contributed by atoms with Gasteiger partial charge in [0.05, 0.1) is 31.3 Å². The van der Waals surface area contributed by atoms with Crippen LogP contribution in [0.4, 0.5) is 0 Å². The van der Waals surface area contributed by atoms with Crippen LogP contribution in [0.25, 0.3) is 0 Å². The fourth-order valence-corrected chi connectivity index (χ4v) is 10.7. The molecule has 0 heterocycles. The van der Waals surface area contributed by atoms with E-state index in [2.05, 4.69) is 108 Å². The quantitative estimate of drug-likeness (QED) is 0.321. The molecule has 0 saturated heterocycles. The van der Waals surface area contributed by atoms with Crippen molar-refractivity contribution in [3.63, 3.8) is 0 Å². The molecule has 7 atom stereocenters. The second kappa shape index (κ2) is 10.2. The highest BCUT2D eigenvalue weighted by atomic mass is 16.5. The number of carbonyl (C=O) groups is 1. The molecule has 0 aliphatic heterocycles. The van der Waals surface area contributed by atoms with Gasteiger partial charge in [0.1, 0.15) is 5.78 Å². The molecule has 4 aliphatic carbocycles. The first-order valence-electron chi connectivity index (χ1n) is 16.0. The lowest BCUT2D eigenvalue weighted by atomic mass is 9.34. The first-order valence-corrected chi connectivity index (χ1v) is 16.0. The monoisotopic (exact) mass is 554 g/mol. The molecule has 3 fully saturated rings. The average molecular weight is 555 g/mol. The molecule has 3 heteroatoms. The second-order valence-electron chi connectivity index (χ2n) is 15.1. The average Bonchev–Trinajstić information content (AvgIpc) is 3.23. The van der Waals surface area contributed by atoms with E-state index < -0.39 is 5.41 Å². The fourth-order valence-electron chi connectivity index (χ4n) is 10.7. The van der Waals surface area contributed by atoms with Crippen LogP contribution in [-0.4, -0.2) is 18.5 Å². The minimum absolute atomic E-state index is 0.00315. The van der Waals surface area contributed by atoms with Gasteiger partial charge in [-0.25, -0.2) is 0 Å². The van der Waals surface area contributed by atoms with Crippen molar-refractivity contribution in [1.82, 2.24) is 0 Å². The number of hydrogen-bond acceptors (Lipinski definition) is 3. The van der Waals surface area contributed by atoms with Gasteiger partial charge < -0.3 is 9.47 Å². The molecule has 3 saturated carbocycles.